The molecule has 1 aliphatic carbocycles. The Morgan fingerprint density at radius 1 is 1.19 bits per heavy atom. The van der Waals surface area contributed by atoms with Crippen LogP contribution < -0.4 is 5.32 Å². The van der Waals surface area contributed by atoms with Crippen LogP contribution in [0.2, 0.25) is 0 Å². The van der Waals surface area contributed by atoms with Gasteiger partial charge in [-0.25, -0.2) is 9.79 Å². The third-order valence-electron chi connectivity index (χ3n) is 7.03. The molecule has 36 heavy (non-hydrogen) atoms. The first kappa shape index (κ1) is 24.4. The predicted octanol–water partition coefficient (Wildman–Crippen LogP) is 5.72. The monoisotopic (exact) mass is 501 g/mol. The van der Waals surface area contributed by atoms with Gasteiger partial charge in [-0.15, -0.1) is 0 Å². The second-order valence-corrected chi connectivity index (χ2v) is 10.2. The number of allylic oxidation sites excluding steroid dienone is 1. The highest BCUT2D eigenvalue weighted by atomic mass is 32.2. The Morgan fingerprint density at radius 2 is 2.03 bits per heavy atom. The molecule has 1 amide bonds. The third kappa shape index (κ3) is 4.60. The molecule has 0 saturated carbocycles. The highest BCUT2D eigenvalue weighted by molar-refractivity contribution is 8.16. The third-order valence-corrected chi connectivity index (χ3v) is 7.92. The van der Waals surface area contributed by atoms with Crippen molar-refractivity contribution in [1.29, 1.82) is 0 Å². The summed E-state index contributed by atoms with van der Waals surface area (Å²) in [5.74, 6) is -0.418. The number of amides is 1. The zero-order valence-corrected chi connectivity index (χ0v) is 21.7. The van der Waals surface area contributed by atoms with Crippen LogP contribution in [0.25, 0.3) is 0 Å². The van der Waals surface area contributed by atoms with E-state index in [-0.39, 0.29) is 24.3 Å². The molecule has 0 bridgehead atoms. The van der Waals surface area contributed by atoms with Crippen LogP contribution in [0.1, 0.15) is 66.9 Å². The zero-order chi connectivity index (χ0) is 25.2. The van der Waals surface area contributed by atoms with Crippen molar-refractivity contribution in [3.63, 3.8) is 0 Å². The van der Waals surface area contributed by atoms with Crippen molar-refractivity contribution in [2.45, 2.75) is 58.0 Å². The smallest absolute Gasteiger partial charge is 0.338 e. The number of amidine groups is 1. The summed E-state index contributed by atoms with van der Waals surface area (Å²) in [7, 11) is 1.40. The minimum Gasteiger partial charge on any atom is -0.466 e. The lowest BCUT2D eigenvalue weighted by molar-refractivity contribution is -0.136. The summed E-state index contributed by atoms with van der Waals surface area (Å²) in [6.45, 7) is 4.03. The topological polar surface area (TPSA) is 71.0 Å². The molecule has 2 aromatic carbocycles. The number of fused-ring (bicyclic) bond motifs is 2. The van der Waals surface area contributed by atoms with Crippen molar-refractivity contribution in [3.05, 3.63) is 93.2 Å². The number of hydrogen-bond acceptors (Lipinski definition) is 6. The Balaban J connectivity index is 1.44. The number of rotatable bonds is 6. The fourth-order valence-corrected chi connectivity index (χ4v) is 6.32. The van der Waals surface area contributed by atoms with Gasteiger partial charge in [-0.1, -0.05) is 72.8 Å². The number of methoxy groups -OCH3 is 1. The zero-order valence-electron chi connectivity index (χ0n) is 20.9. The molecule has 2 heterocycles. The summed E-state index contributed by atoms with van der Waals surface area (Å²) in [5.41, 5.74) is 6.70. The van der Waals surface area contributed by atoms with Gasteiger partial charge in [-0.2, -0.15) is 0 Å². The van der Waals surface area contributed by atoms with Gasteiger partial charge < -0.3 is 15.0 Å². The molecule has 2 aliphatic heterocycles. The van der Waals surface area contributed by atoms with E-state index in [9.17, 15) is 9.59 Å². The molecule has 0 aromatic heterocycles. The van der Waals surface area contributed by atoms with Gasteiger partial charge in [0, 0.05) is 5.70 Å². The van der Waals surface area contributed by atoms with Crippen molar-refractivity contribution < 1.29 is 14.3 Å². The predicted molar refractivity (Wildman–Crippen MR) is 143 cm³/mol. The van der Waals surface area contributed by atoms with Crippen LogP contribution in [-0.2, 0) is 20.7 Å². The first-order chi connectivity index (χ1) is 17.5. The number of hydrogen-bond donors (Lipinski definition) is 1. The van der Waals surface area contributed by atoms with Gasteiger partial charge in [-0.05, 0) is 54.7 Å². The van der Waals surface area contributed by atoms with E-state index >= 15 is 0 Å². The number of ether oxygens (including phenoxy) is 1. The SMILES string of the molecule is CCC1=C(C(=O)OC)[C@H](c2cccc(C)c2)N2C(CC(=O)N[C@@H]3CCCc4ccccc43)=CSC2=N1. The Morgan fingerprint density at radius 3 is 2.81 bits per heavy atom. The molecule has 0 radical (unpaired) electrons. The van der Waals surface area contributed by atoms with Crippen molar-refractivity contribution >= 4 is 28.8 Å². The Labute approximate surface area is 216 Å². The van der Waals surface area contributed by atoms with E-state index < -0.39 is 6.04 Å². The van der Waals surface area contributed by atoms with Crippen LogP contribution in [0.4, 0.5) is 0 Å². The maximum atomic E-state index is 13.3. The highest BCUT2D eigenvalue weighted by Crippen LogP contribution is 2.45. The standard InChI is InChI=1S/C29H31N3O3S/c1-4-23-26(28(34)35-3)27(20-12-7-9-18(2)15-20)32-21(17-36-29(32)31-23)16-25(33)30-24-14-8-11-19-10-5-6-13-22(19)24/h5-7,9-10,12-13,15,17,24,27H,4,8,11,14,16H2,1-3H3,(H,30,33)/t24-,27+/m1/s1. The molecule has 0 spiro atoms. The quantitative estimate of drug-likeness (QED) is 0.513. The van der Waals surface area contributed by atoms with Gasteiger partial charge >= 0.3 is 5.97 Å². The first-order valence-electron chi connectivity index (χ1n) is 12.5. The molecule has 186 valence electrons. The van der Waals surface area contributed by atoms with E-state index in [0.717, 1.165) is 47.0 Å². The fraction of sp³-hybridized carbons (Fsp3) is 0.345. The molecule has 0 saturated heterocycles. The Bertz CT molecular complexity index is 1300. The molecule has 5 rings (SSSR count). The number of nitrogens with one attached hydrogen (secondary N) is 1. The molecule has 3 aliphatic rings. The second kappa shape index (κ2) is 10.3. The van der Waals surface area contributed by atoms with Crippen LogP contribution in [0, 0.1) is 6.92 Å². The summed E-state index contributed by atoms with van der Waals surface area (Å²) < 4.78 is 5.20. The van der Waals surface area contributed by atoms with Gasteiger partial charge in [0.2, 0.25) is 5.91 Å². The Kier molecular flexibility index (Phi) is 7.01. The minimum atomic E-state index is -0.399. The molecule has 1 N–H and O–H groups in total. The lowest BCUT2D eigenvalue weighted by Gasteiger charge is -2.37. The average Bonchev–Trinajstić information content (AvgIpc) is 3.29. The normalized spacial score (nSPS) is 20.8. The molecule has 0 fully saturated rings. The number of nitrogens with zero attached hydrogens (tertiary/aromatic N) is 2. The van der Waals surface area contributed by atoms with Crippen molar-refractivity contribution in [3.8, 4) is 0 Å². The van der Waals surface area contributed by atoms with E-state index in [1.807, 2.05) is 48.4 Å². The van der Waals surface area contributed by atoms with Crippen LogP contribution in [0.3, 0.4) is 0 Å². The van der Waals surface area contributed by atoms with Crippen LogP contribution in [0.5, 0.6) is 0 Å². The van der Waals surface area contributed by atoms with Crippen LogP contribution >= 0.6 is 11.8 Å². The molecule has 2 atom stereocenters. The maximum absolute atomic E-state index is 13.3. The van der Waals surface area contributed by atoms with Gasteiger partial charge in [-0.3, -0.25) is 4.79 Å². The molecule has 6 nitrogen and oxygen atoms in total. The van der Waals surface area contributed by atoms with Crippen LogP contribution in [-0.4, -0.2) is 29.1 Å². The lowest BCUT2D eigenvalue weighted by Crippen LogP contribution is -2.38. The minimum absolute atomic E-state index is 0.0244. The summed E-state index contributed by atoms with van der Waals surface area (Å²) in [5, 5.41) is 6.05. The first-order valence-corrected chi connectivity index (χ1v) is 13.4. The number of benzene rings is 2. The van der Waals surface area contributed by atoms with E-state index in [4.69, 9.17) is 9.73 Å². The number of thioether (sulfide) groups is 1. The van der Waals surface area contributed by atoms with E-state index in [2.05, 4.69) is 29.6 Å². The number of aryl methyl sites for hydroxylation is 2. The highest BCUT2D eigenvalue weighted by Gasteiger charge is 2.41. The maximum Gasteiger partial charge on any atom is 0.338 e. The number of carbonyl (C=O) groups is 2. The van der Waals surface area contributed by atoms with Crippen molar-refractivity contribution in [2.24, 2.45) is 4.99 Å². The van der Waals surface area contributed by atoms with E-state index in [1.54, 1.807) is 0 Å². The van der Waals surface area contributed by atoms with E-state index in [0.29, 0.717) is 12.0 Å². The van der Waals surface area contributed by atoms with Gasteiger partial charge in [0.05, 0.1) is 36.9 Å². The second-order valence-electron chi connectivity index (χ2n) is 9.40. The molecular weight excluding hydrogens is 470 g/mol. The summed E-state index contributed by atoms with van der Waals surface area (Å²) in [4.78, 5) is 33.2. The summed E-state index contributed by atoms with van der Waals surface area (Å²) >= 11 is 1.50. The largest absolute Gasteiger partial charge is 0.466 e. The lowest BCUT2D eigenvalue weighted by atomic mass is 9.87. The number of esters is 1. The van der Waals surface area contributed by atoms with E-state index in [1.165, 1.54) is 30.0 Å². The molecular formula is C29H31N3O3S. The van der Waals surface area contributed by atoms with Crippen LogP contribution in [0.15, 0.2) is 75.9 Å². The van der Waals surface area contributed by atoms with Gasteiger partial charge in [0.1, 0.15) is 0 Å². The number of carbonyl (C=O) groups excluding carboxylic acids is 2. The van der Waals surface area contributed by atoms with Crippen molar-refractivity contribution in [2.75, 3.05) is 7.11 Å². The molecule has 0 unspecified atom stereocenters. The Hall–Kier alpha value is -3.32. The summed E-state index contributed by atoms with van der Waals surface area (Å²) in [6.07, 6.45) is 3.88. The summed E-state index contributed by atoms with van der Waals surface area (Å²) in [6, 6.07) is 16.1. The average molecular weight is 502 g/mol. The fourth-order valence-electron chi connectivity index (χ4n) is 5.38. The van der Waals surface area contributed by atoms with Gasteiger partial charge in [0.25, 0.3) is 0 Å². The van der Waals surface area contributed by atoms with Gasteiger partial charge in [0.15, 0.2) is 5.17 Å². The number of aliphatic imine (C=N–C) groups is 1. The molecule has 2 aromatic rings. The molecule has 7 heteroatoms. The van der Waals surface area contributed by atoms with Crippen molar-refractivity contribution in [1.82, 2.24) is 10.2 Å².